The topological polar surface area (TPSA) is 43.1 Å². The molecule has 0 aromatic heterocycles. The van der Waals surface area contributed by atoms with Gasteiger partial charge in [-0.1, -0.05) is 36.9 Å². The maximum Gasteiger partial charge on any atom is 0.272 e. The second kappa shape index (κ2) is 6.36. The molecule has 18 heavy (non-hydrogen) atoms. The van der Waals surface area contributed by atoms with E-state index in [1.165, 1.54) is 5.56 Å². The molecule has 1 rings (SSSR count). The summed E-state index contributed by atoms with van der Waals surface area (Å²) in [6.45, 7) is 11.0. The van der Waals surface area contributed by atoms with Crippen LogP contribution in [0.5, 0.6) is 0 Å². The molecular weight excluding hydrogens is 224 g/mol. The monoisotopic (exact) mass is 247 g/mol. The van der Waals surface area contributed by atoms with Gasteiger partial charge in [-0.25, -0.2) is 0 Å². The van der Waals surface area contributed by atoms with Crippen LogP contribution in [-0.2, 0) is 11.3 Å². The highest BCUT2D eigenvalue weighted by Crippen LogP contribution is 2.18. The number of carbonyl (C=O) groups is 1. The quantitative estimate of drug-likeness (QED) is 0.737. The third kappa shape index (κ3) is 3.44. The zero-order valence-corrected chi connectivity index (χ0v) is 11.4. The number of hydrogen-bond donors (Lipinski definition) is 1. The fourth-order valence-electron chi connectivity index (χ4n) is 2.30. The molecule has 1 amide bonds. The number of likely N-dealkylation sites (N-methyl/N-ethyl adjacent to an activating group) is 1. The van der Waals surface area contributed by atoms with Crippen LogP contribution in [0.4, 0.5) is 0 Å². The Kier molecular flexibility index (Phi) is 5.10. The lowest BCUT2D eigenvalue weighted by Gasteiger charge is -2.36. The summed E-state index contributed by atoms with van der Waals surface area (Å²) < 4.78 is 0.695. The Balaban J connectivity index is 3.02. The molecule has 1 aromatic carbocycles. The van der Waals surface area contributed by atoms with Crippen LogP contribution in [-0.4, -0.2) is 30.0 Å². The first kappa shape index (κ1) is 14.5. The average molecular weight is 247 g/mol. The summed E-state index contributed by atoms with van der Waals surface area (Å²) >= 11 is 0. The maximum atomic E-state index is 11.3. The molecular formula is C15H23N2O+. The van der Waals surface area contributed by atoms with E-state index in [9.17, 15) is 4.79 Å². The van der Waals surface area contributed by atoms with Crippen molar-refractivity contribution in [1.82, 2.24) is 0 Å². The highest BCUT2D eigenvalue weighted by molar-refractivity contribution is 5.74. The molecule has 0 heterocycles. The van der Waals surface area contributed by atoms with E-state index in [4.69, 9.17) is 5.73 Å². The van der Waals surface area contributed by atoms with E-state index in [2.05, 4.69) is 26.5 Å². The van der Waals surface area contributed by atoms with Crippen LogP contribution in [0.3, 0.4) is 0 Å². The summed E-state index contributed by atoms with van der Waals surface area (Å²) in [6.07, 6.45) is 1.86. The van der Waals surface area contributed by atoms with E-state index in [-0.39, 0.29) is 5.91 Å². The summed E-state index contributed by atoms with van der Waals surface area (Å²) in [5.74, 6) is -0.241. The molecule has 0 radical (unpaired) electrons. The lowest BCUT2D eigenvalue weighted by atomic mass is 10.1. The number of quaternary nitrogens is 1. The second-order valence-electron chi connectivity index (χ2n) is 4.66. The molecule has 3 nitrogen and oxygen atoms in total. The van der Waals surface area contributed by atoms with Gasteiger partial charge in [-0.3, -0.25) is 4.79 Å². The lowest BCUT2D eigenvalue weighted by molar-refractivity contribution is -0.930. The first-order chi connectivity index (χ1) is 8.56. The third-order valence-electron chi connectivity index (χ3n) is 3.61. The van der Waals surface area contributed by atoms with Gasteiger partial charge in [-0.2, -0.15) is 0 Å². The van der Waals surface area contributed by atoms with Crippen LogP contribution in [0.2, 0.25) is 0 Å². The minimum atomic E-state index is -0.241. The number of hydrogen-bond acceptors (Lipinski definition) is 1. The Hall–Kier alpha value is -1.61. The highest BCUT2D eigenvalue weighted by Gasteiger charge is 2.26. The van der Waals surface area contributed by atoms with E-state index in [0.29, 0.717) is 11.0 Å². The van der Waals surface area contributed by atoms with E-state index in [1.807, 2.05) is 24.3 Å². The van der Waals surface area contributed by atoms with Crippen molar-refractivity contribution in [3.05, 3.63) is 42.0 Å². The summed E-state index contributed by atoms with van der Waals surface area (Å²) in [6, 6.07) is 8.16. The number of nitrogens with zero attached hydrogens (tertiary/aromatic N) is 1. The second-order valence-corrected chi connectivity index (χ2v) is 4.66. The number of carbonyl (C=O) groups excluding carboxylic acids is 1. The molecule has 0 fully saturated rings. The Labute approximate surface area is 109 Å². The van der Waals surface area contributed by atoms with Crippen molar-refractivity contribution in [1.29, 1.82) is 0 Å². The predicted molar refractivity (Wildman–Crippen MR) is 75.6 cm³/mol. The number of primary amides is 1. The minimum Gasteiger partial charge on any atom is -0.365 e. The summed E-state index contributed by atoms with van der Waals surface area (Å²) in [5, 5.41) is 0. The average Bonchev–Trinajstić information content (AvgIpc) is 2.38. The molecule has 1 aromatic rings. The predicted octanol–water partition coefficient (Wildman–Crippen LogP) is 2.17. The molecule has 0 unspecified atom stereocenters. The zero-order chi connectivity index (χ0) is 13.6. The molecule has 0 saturated heterocycles. The smallest absolute Gasteiger partial charge is 0.272 e. The molecule has 0 aliphatic heterocycles. The van der Waals surface area contributed by atoms with Gasteiger partial charge in [0.15, 0.2) is 6.54 Å². The summed E-state index contributed by atoms with van der Waals surface area (Å²) in [5.41, 5.74) is 7.73. The number of benzene rings is 1. The van der Waals surface area contributed by atoms with Crippen LogP contribution < -0.4 is 5.73 Å². The summed E-state index contributed by atoms with van der Waals surface area (Å²) in [7, 11) is 0. The van der Waals surface area contributed by atoms with Crippen molar-refractivity contribution in [3.8, 4) is 0 Å². The molecule has 3 heteroatoms. The lowest BCUT2D eigenvalue weighted by Crippen LogP contribution is -2.51. The molecule has 0 bridgehead atoms. The van der Waals surface area contributed by atoms with Crippen LogP contribution in [0.25, 0.3) is 6.08 Å². The van der Waals surface area contributed by atoms with Crippen molar-refractivity contribution in [3.63, 3.8) is 0 Å². The van der Waals surface area contributed by atoms with Crippen molar-refractivity contribution >= 4 is 12.0 Å². The van der Waals surface area contributed by atoms with Gasteiger partial charge in [0.25, 0.3) is 5.91 Å². The highest BCUT2D eigenvalue weighted by atomic mass is 16.1. The van der Waals surface area contributed by atoms with E-state index >= 15 is 0 Å². The first-order valence-corrected chi connectivity index (χ1v) is 6.40. The van der Waals surface area contributed by atoms with Gasteiger partial charge >= 0.3 is 0 Å². The van der Waals surface area contributed by atoms with E-state index < -0.39 is 0 Å². The third-order valence-corrected chi connectivity index (χ3v) is 3.61. The van der Waals surface area contributed by atoms with Gasteiger partial charge in [0.1, 0.15) is 6.54 Å². The van der Waals surface area contributed by atoms with Crippen molar-refractivity contribution < 1.29 is 9.28 Å². The number of rotatable bonds is 7. The maximum absolute atomic E-state index is 11.3. The Morgan fingerprint density at radius 3 is 2.44 bits per heavy atom. The van der Waals surface area contributed by atoms with Crippen molar-refractivity contribution in [2.45, 2.75) is 20.4 Å². The van der Waals surface area contributed by atoms with Crippen molar-refractivity contribution in [2.75, 3.05) is 19.6 Å². The largest absolute Gasteiger partial charge is 0.365 e. The van der Waals surface area contributed by atoms with Crippen LogP contribution in [0.1, 0.15) is 25.0 Å². The molecule has 0 aliphatic rings. The molecule has 0 saturated carbocycles. The molecule has 98 valence electrons. The molecule has 2 N–H and O–H groups in total. The zero-order valence-electron chi connectivity index (χ0n) is 11.4. The fraction of sp³-hybridized carbons (Fsp3) is 0.400. The molecule has 0 aliphatic carbocycles. The SMILES string of the molecule is C=Cc1ccccc1C[N+](CC)(CC)CC(N)=O. The normalized spacial score (nSPS) is 11.2. The van der Waals surface area contributed by atoms with Gasteiger partial charge < -0.3 is 10.2 Å². The van der Waals surface area contributed by atoms with Crippen LogP contribution in [0.15, 0.2) is 30.8 Å². The fourth-order valence-corrected chi connectivity index (χ4v) is 2.30. The van der Waals surface area contributed by atoms with Crippen LogP contribution >= 0.6 is 0 Å². The summed E-state index contributed by atoms with van der Waals surface area (Å²) in [4.78, 5) is 11.3. The first-order valence-electron chi connectivity index (χ1n) is 6.40. The number of amides is 1. The Morgan fingerprint density at radius 1 is 1.33 bits per heavy atom. The minimum absolute atomic E-state index is 0.241. The van der Waals surface area contributed by atoms with Gasteiger partial charge in [-0.15, -0.1) is 0 Å². The van der Waals surface area contributed by atoms with Gasteiger partial charge in [0.2, 0.25) is 0 Å². The standard InChI is InChI=1S/C15H22N2O/c1-4-13-9-7-8-10-14(13)11-17(5-2,6-3)12-15(16)18/h4,7-10H,1,5-6,11-12H2,2-3H3,(H-,16,18)/p+1. The van der Waals surface area contributed by atoms with Crippen LogP contribution in [0, 0.1) is 0 Å². The van der Waals surface area contributed by atoms with Gasteiger partial charge in [0, 0.05) is 5.56 Å². The van der Waals surface area contributed by atoms with E-state index in [1.54, 1.807) is 0 Å². The van der Waals surface area contributed by atoms with Gasteiger partial charge in [-0.05, 0) is 19.4 Å². The Bertz CT molecular complexity index is 422. The molecule has 0 atom stereocenters. The molecule has 0 spiro atoms. The van der Waals surface area contributed by atoms with Crippen molar-refractivity contribution in [2.24, 2.45) is 5.73 Å². The Morgan fingerprint density at radius 2 is 1.94 bits per heavy atom. The van der Waals surface area contributed by atoms with E-state index in [0.717, 1.165) is 25.2 Å². The van der Waals surface area contributed by atoms with Gasteiger partial charge in [0.05, 0.1) is 13.1 Å². The number of nitrogens with two attached hydrogens (primary N) is 1.